The first-order chi connectivity index (χ1) is 8.90. The highest BCUT2D eigenvalue weighted by Gasteiger charge is 2.13. The molecule has 2 aromatic rings. The maximum absolute atomic E-state index is 11.1. The van der Waals surface area contributed by atoms with Crippen molar-refractivity contribution in [1.29, 1.82) is 0 Å². The summed E-state index contributed by atoms with van der Waals surface area (Å²) in [5.41, 5.74) is 2.02. The molecule has 1 heterocycles. The van der Waals surface area contributed by atoms with Gasteiger partial charge in [-0.15, -0.1) is 0 Å². The van der Waals surface area contributed by atoms with Crippen molar-refractivity contribution >= 4 is 17.0 Å². The third kappa shape index (κ3) is 2.61. The summed E-state index contributed by atoms with van der Waals surface area (Å²) in [6.45, 7) is 4.87. The van der Waals surface area contributed by atoms with Gasteiger partial charge in [0.2, 0.25) is 0 Å². The molecule has 1 aromatic carbocycles. The summed E-state index contributed by atoms with van der Waals surface area (Å²) in [4.78, 5) is 17.7. The van der Waals surface area contributed by atoms with Crippen LogP contribution in [0.15, 0.2) is 18.2 Å². The van der Waals surface area contributed by atoms with Gasteiger partial charge in [-0.1, -0.05) is 0 Å². The number of benzene rings is 1. The lowest BCUT2D eigenvalue weighted by Crippen LogP contribution is -2.29. The van der Waals surface area contributed by atoms with Gasteiger partial charge in [-0.25, -0.2) is 9.78 Å². The predicted molar refractivity (Wildman–Crippen MR) is 74.6 cm³/mol. The minimum atomic E-state index is -0.909. The summed E-state index contributed by atoms with van der Waals surface area (Å²) in [5.74, 6) is -0.000741. The van der Waals surface area contributed by atoms with Gasteiger partial charge < -0.3 is 14.6 Å². The van der Waals surface area contributed by atoms with Crippen molar-refractivity contribution in [3.05, 3.63) is 29.6 Å². The highest BCUT2D eigenvalue weighted by Crippen LogP contribution is 2.19. The molecule has 0 aliphatic heterocycles. The fraction of sp³-hybridized carbons (Fsp3) is 0.429. The number of carboxylic acid groups (broad SMARTS) is 1. The van der Waals surface area contributed by atoms with Crippen LogP contribution in [0, 0.1) is 6.92 Å². The second kappa shape index (κ2) is 5.01. The van der Waals surface area contributed by atoms with E-state index in [1.165, 1.54) is 0 Å². The van der Waals surface area contributed by atoms with Gasteiger partial charge in [-0.2, -0.15) is 0 Å². The Hall–Kier alpha value is -1.88. The Balaban J connectivity index is 2.49. The van der Waals surface area contributed by atoms with E-state index in [1.807, 2.05) is 21.0 Å². The highest BCUT2D eigenvalue weighted by atomic mass is 16.4. The predicted octanol–water partition coefficient (Wildman–Crippen LogP) is 1.99. The standard InChI is InChI=1S/C14H19N3O2/c1-9(16(3)4)8-17-10(2)15-12-6-5-11(14(18)19)7-13(12)17/h5-7,9H,8H2,1-4H3,(H,18,19). The van der Waals surface area contributed by atoms with Crippen molar-refractivity contribution in [2.24, 2.45) is 0 Å². The summed E-state index contributed by atoms with van der Waals surface area (Å²) in [5, 5.41) is 9.07. The molecule has 102 valence electrons. The lowest BCUT2D eigenvalue weighted by molar-refractivity contribution is 0.0697. The van der Waals surface area contributed by atoms with Crippen molar-refractivity contribution in [2.45, 2.75) is 26.4 Å². The number of nitrogens with zero attached hydrogens (tertiary/aromatic N) is 3. The molecule has 0 bridgehead atoms. The van der Waals surface area contributed by atoms with E-state index < -0.39 is 5.97 Å². The van der Waals surface area contributed by atoms with E-state index in [0.717, 1.165) is 23.4 Å². The Kier molecular flexibility index (Phi) is 3.57. The topological polar surface area (TPSA) is 58.4 Å². The van der Waals surface area contributed by atoms with Gasteiger partial charge in [0.1, 0.15) is 5.82 Å². The van der Waals surface area contributed by atoms with Gasteiger partial charge in [-0.3, -0.25) is 0 Å². The average molecular weight is 261 g/mol. The van der Waals surface area contributed by atoms with E-state index in [0.29, 0.717) is 11.6 Å². The third-order valence-corrected chi connectivity index (χ3v) is 3.51. The summed E-state index contributed by atoms with van der Waals surface area (Å²) in [6, 6.07) is 5.41. The molecule has 0 saturated carbocycles. The lowest BCUT2D eigenvalue weighted by Gasteiger charge is -2.21. The van der Waals surface area contributed by atoms with Crippen molar-refractivity contribution in [1.82, 2.24) is 14.5 Å². The van der Waals surface area contributed by atoms with Crippen molar-refractivity contribution < 1.29 is 9.90 Å². The molecule has 1 atom stereocenters. The van der Waals surface area contributed by atoms with Crippen LogP contribution in [-0.4, -0.2) is 45.7 Å². The van der Waals surface area contributed by atoms with Crippen LogP contribution < -0.4 is 0 Å². The van der Waals surface area contributed by atoms with E-state index in [1.54, 1.807) is 18.2 Å². The van der Waals surface area contributed by atoms with Crippen LogP contribution in [0.4, 0.5) is 0 Å². The van der Waals surface area contributed by atoms with Gasteiger partial charge in [-0.05, 0) is 46.1 Å². The van der Waals surface area contributed by atoms with Gasteiger partial charge in [0, 0.05) is 12.6 Å². The first-order valence-electron chi connectivity index (χ1n) is 6.26. The SMILES string of the molecule is Cc1nc2ccc(C(=O)O)cc2n1CC(C)N(C)C. The Morgan fingerprint density at radius 3 is 2.74 bits per heavy atom. The molecule has 1 unspecified atom stereocenters. The molecule has 0 radical (unpaired) electrons. The van der Waals surface area contributed by atoms with E-state index in [2.05, 4.69) is 21.4 Å². The summed E-state index contributed by atoms with van der Waals surface area (Å²) >= 11 is 0. The fourth-order valence-electron chi connectivity index (χ4n) is 2.03. The van der Waals surface area contributed by atoms with Gasteiger partial charge in [0.05, 0.1) is 16.6 Å². The zero-order valence-electron chi connectivity index (χ0n) is 11.7. The number of carboxylic acids is 1. The minimum Gasteiger partial charge on any atom is -0.478 e. The van der Waals surface area contributed by atoms with E-state index in [4.69, 9.17) is 5.11 Å². The Morgan fingerprint density at radius 1 is 1.47 bits per heavy atom. The molecule has 0 aliphatic carbocycles. The number of hydrogen-bond acceptors (Lipinski definition) is 3. The molecule has 5 heteroatoms. The molecular weight excluding hydrogens is 242 g/mol. The number of hydrogen-bond donors (Lipinski definition) is 1. The summed E-state index contributed by atoms with van der Waals surface area (Å²) in [6.07, 6.45) is 0. The van der Waals surface area contributed by atoms with Crippen LogP contribution in [0.2, 0.25) is 0 Å². The number of aryl methyl sites for hydroxylation is 1. The largest absolute Gasteiger partial charge is 0.478 e. The van der Waals surface area contributed by atoms with Crippen molar-refractivity contribution in [2.75, 3.05) is 14.1 Å². The van der Waals surface area contributed by atoms with E-state index in [-0.39, 0.29) is 0 Å². The molecule has 19 heavy (non-hydrogen) atoms. The third-order valence-electron chi connectivity index (χ3n) is 3.51. The summed E-state index contributed by atoms with van der Waals surface area (Å²) in [7, 11) is 4.06. The Morgan fingerprint density at radius 2 is 2.16 bits per heavy atom. The van der Waals surface area contributed by atoms with Gasteiger partial charge in [0.25, 0.3) is 0 Å². The Labute approximate surface area is 112 Å². The first-order valence-corrected chi connectivity index (χ1v) is 6.26. The van der Waals surface area contributed by atoms with Crippen LogP contribution in [0.1, 0.15) is 23.1 Å². The molecule has 0 amide bonds. The first kappa shape index (κ1) is 13.5. The maximum atomic E-state index is 11.1. The number of aromatic nitrogens is 2. The van der Waals surface area contributed by atoms with Crippen LogP contribution in [-0.2, 0) is 6.54 Å². The maximum Gasteiger partial charge on any atom is 0.335 e. The van der Waals surface area contributed by atoms with Crippen molar-refractivity contribution in [3.63, 3.8) is 0 Å². The molecular formula is C14H19N3O2. The minimum absolute atomic E-state index is 0.297. The number of imidazole rings is 1. The van der Waals surface area contributed by atoms with E-state index in [9.17, 15) is 4.79 Å². The second-order valence-corrected chi connectivity index (χ2v) is 5.09. The summed E-state index contributed by atoms with van der Waals surface area (Å²) < 4.78 is 2.08. The van der Waals surface area contributed by atoms with Crippen LogP contribution in [0.3, 0.4) is 0 Å². The number of rotatable bonds is 4. The van der Waals surface area contributed by atoms with Crippen molar-refractivity contribution in [3.8, 4) is 0 Å². The molecule has 5 nitrogen and oxygen atoms in total. The monoisotopic (exact) mass is 261 g/mol. The molecule has 1 N–H and O–H groups in total. The molecule has 0 saturated heterocycles. The van der Waals surface area contributed by atoms with Gasteiger partial charge >= 0.3 is 5.97 Å². The Bertz CT molecular complexity index is 616. The van der Waals surface area contributed by atoms with E-state index >= 15 is 0 Å². The smallest absolute Gasteiger partial charge is 0.335 e. The molecule has 0 spiro atoms. The fourth-order valence-corrected chi connectivity index (χ4v) is 2.03. The van der Waals surface area contributed by atoms with Crippen LogP contribution >= 0.6 is 0 Å². The lowest BCUT2D eigenvalue weighted by atomic mass is 10.2. The second-order valence-electron chi connectivity index (χ2n) is 5.09. The zero-order valence-corrected chi connectivity index (χ0v) is 11.7. The van der Waals surface area contributed by atoms with Crippen LogP contribution in [0.5, 0.6) is 0 Å². The number of carbonyl (C=O) groups is 1. The molecule has 0 aliphatic rings. The average Bonchev–Trinajstić information content (AvgIpc) is 2.65. The van der Waals surface area contributed by atoms with Crippen LogP contribution in [0.25, 0.3) is 11.0 Å². The number of likely N-dealkylation sites (N-methyl/N-ethyl adjacent to an activating group) is 1. The molecule has 1 aromatic heterocycles. The zero-order chi connectivity index (χ0) is 14.2. The quantitative estimate of drug-likeness (QED) is 0.914. The van der Waals surface area contributed by atoms with Gasteiger partial charge in [0.15, 0.2) is 0 Å². The number of aromatic carboxylic acids is 1. The highest BCUT2D eigenvalue weighted by molar-refractivity contribution is 5.92. The molecule has 0 fully saturated rings. The number of fused-ring (bicyclic) bond motifs is 1. The molecule has 2 rings (SSSR count). The normalized spacial score (nSPS) is 13.1.